The maximum Gasteiger partial charge on any atom is 0.253 e. The Kier molecular flexibility index (Phi) is 31.3. The standard InChI is InChI=1S/2C24H29BrN2O2.C12H13BrN2.C12H16O3.C11H14O2.C7H10N2O2S/c2*1-24(2,28)16-9-7-15(8-10-16)22(14-29-3)26-21-6-4-5-18-19-13-17(25)11-12-20(19)27-23(18)21;13-7-4-5-11-9(6-7)8-2-1-3-10(14)12(8)15-11;1-12(2,14)10-6-4-9(5-7-10)11(13)8-15-3;1-8(12)9-4-6-10(7-5-9)11(2,3)13;1-6-2-4-7(5-3-6)12(10,11)9-8/h2*7-13,21-22,26-28H,4-6,14H2,1-3H3;4-6,10,15H,1-3,14H2;4-7,14H,8H2,1-3H3;4-7,13H,1-3H3;2-5,9H,8H2,1H3/t21-,22+;21-,22-;10-;;;/m111.../s1. The smallest absolute Gasteiger partial charge is 0.253 e. The van der Waals surface area contributed by atoms with Gasteiger partial charge in [0.2, 0.25) is 0 Å². The number of carbonyl (C=O) groups is 2. The molecule has 0 saturated heterocycles. The maximum absolute atomic E-state index is 11.4. The number of Topliss-reactive ketones (excluding diaryl/α,β-unsaturated/α-hetero) is 2. The first-order chi connectivity index (χ1) is 53.4. The summed E-state index contributed by atoms with van der Waals surface area (Å²) >= 11 is 10.7. The van der Waals surface area contributed by atoms with Gasteiger partial charge in [-0.3, -0.25) is 26.1 Å². The molecule has 0 bridgehead atoms. The van der Waals surface area contributed by atoms with E-state index in [2.05, 4.69) is 152 Å². The van der Waals surface area contributed by atoms with Gasteiger partial charge >= 0.3 is 0 Å². The summed E-state index contributed by atoms with van der Waals surface area (Å²) in [5, 5.41) is 51.4. The van der Waals surface area contributed by atoms with Gasteiger partial charge in [-0.2, -0.15) is 4.83 Å². The molecule has 14 rings (SSSR count). The minimum absolute atomic E-state index is 0.0438. The molecule has 3 aliphatic carbocycles. The normalized spacial score (nSPS) is 16.0. The molecule has 0 radical (unpaired) electrons. The third-order valence-corrected chi connectivity index (χ3v) is 23.4. The average Bonchev–Trinajstić information content (AvgIpc) is 1.63. The van der Waals surface area contributed by atoms with Crippen molar-refractivity contribution >= 4 is 102 Å². The third kappa shape index (κ3) is 24.1. The number of hydrogen-bond donors (Lipinski definition) is 12. The van der Waals surface area contributed by atoms with Crippen LogP contribution in [0.1, 0.15) is 224 Å². The van der Waals surface area contributed by atoms with E-state index in [1.165, 1.54) is 123 Å². The van der Waals surface area contributed by atoms with Crippen LogP contribution >= 0.6 is 47.8 Å². The molecule has 8 aromatic carbocycles. The number of hydrogen-bond acceptors (Lipinski definition) is 15. The Hall–Kier alpha value is -7.37. The number of nitrogens with one attached hydrogen (secondary N) is 6. The largest absolute Gasteiger partial charge is 0.386 e. The summed E-state index contributed by atoms with van der Waals surface area (Å²) in [6.45, 7) is 18.8. The Morgan fingerprint density at radius 2 is 0.823 bits per heavy atom. The van der Waals surface area contributed by atoms with E-state index in [-0.39, 0.29) is 53.3 Å². The van der Waals surface area contributed by atoms with Crippen molar-refractivity contribution in [1.29, 1.82) is 0 Å². The van der Waals surface area contributed by atoms with Gasteiger partial charge < -0.3 is 55.3 Å². The van der Waals surface area contributed by atoms with Crippen LogP contribution in [0.5, 0.6) is 0 Å². The van der Waals surface area contributed by atoms with Crippen LogP contribution in [-0.2, 0) is 65.9 Å². The van der Waals surface area contributed by atoms with Gasteiger partial charge in [-0.15, -0.1) is 0 Å². The zero-order chi connectivity index (χ0) is 82.3. The predicted octanol–water partition coefficient (Wildman–Crippen LogP) is 18.3. The maximum atomic E-state index is 11.4. The van der Waals surface area contributed by atoms with E-state index in [0.29, 0.717) is 24.3 Å². The number of rotatable bonds is 20. The number of methoxy groups -OCH3 is 3. The first-order valence-electron chi connectivity index (χ1n) is 38.2. The fourth-order valence-electron chi connectivity index (χ4n) is 14.4. The van der Waals surface area contributed by atoms with Crippen molar-refractivity contribution in [3.05, 3.63) is 273 Å². The quantitative estimate of drug-likeness (QED) is 0.0192. The van der Waals surface area contributed by atoms with Crippen LogP contribution in [0.3, 0.4) is 0 Å². The molecule has 23 heteroatoms. The van der Waals surface area contributed by atoms with Crippen LogP contribution < -0.4 is 27.0 Å². The summed E-state index contributed by atoms with van der Waals surface area (Å²) in [5.41, 5.74) is 22.5. The molecule has 11 aromatic rings. The van der Waals surface area contributed by atoms with Crippen LogP contribution in [0.25, 0.3) is 32.7 Å². The van der Waals surface area contributed by atoms with Gasteiger partial charge in [0, 0.05) is 114 Å². The van der Waals surface area contributed by atoms with Gasteiger partial charge in [0.25, 0.3) is 10.0 Å². The van der Waals surface area contributed by atoms with Gasteiger partial charge in [0.1, 0.15) is 6.61 Å². The number of H-pyrrole nitrogens is 3. The summed E-state index contributed by atoms with van der Waals surface area (Å²) in [6, 6.07) is 56.9. The molecule has 0 saturated carbocycles. The van der Waals surface area contributed by atoms with Gasteiger partial charge in [0.05, 0.1) is 52.6 Å². The number of hydrazine groups is 1. The highest BCUT2D eigenvalue weighted by Gasteiger charge is 2.31. The summed E-state index contributed by atoms with van der Waals surface area (Å²) in [6.07, 6.45) is 10.2. The lowest BCUT2D eigenvalue weighted by molar-refractivity contribution is 0.0778. The number of nitrogens with two attached hydrogens (primary N) is 2. The lowest BCUT2D eigenvalue weighted by Crippen LogP contribution is -2.32. The molecule has 19 nitrogen and oxygen atoms in total. The highest BCUT2D eigenvalue weighted by Crippen LogP contribution is 2.41. The van der Waals surface area contributed by atoms with E-state index in [1.54, 1.807) is 107 Å². The Morgan fingerprint density at radius 1 is 0.487 bits per heavy atom. The van der Waals surface area contributed by atoms with Crippen molar-refractivity contribution in [3.8, 4) is 0 Å². The van der Waals surface area contributed by atoms with Crippen molar-refractivity contribution in [1.82, 2.24) is 30.4 Å². The van der Waals surface area contributed by atoms with E-state index in [9.17, 15) is 38.4 Å². The molecule has 0 spiro atoms. The van der Waals surface area contributed by atoms with E-state index >= 15 is 0 Å². The number of sulfonamides is 1. The molecule has 0 aliphatic heterocycles. The molecule has 0 unspecified atom stereocenters. The number of aliphatic hydroxyl groups is 4. The number of aromatic amines is 3. The minimum atomic E-state index is -3.49. The number of benzene rings is 8. The van der Waals surface area contributed by atoms with Crippen LogP contribution in [0.15, 0.2) is 194 Å². The topological polar surface area (TPSA) is 312 Å². The average molecular weight is 1750 g/mol. The monoisotopic (exact) mass is 1750 g/mol. The summed E-state index contributed by atoms with van der Waals surface area (Å²) < 4.78 is 41.3. The van der Waals surface area contributed by atoms with Gasteiger partial charge in [-0.05, 0) is 244 Å². The highest BCUT2D eigenvalue weighted by atomic mass is 79.9. The number of halogens is 3. The zero-order valence-electron chi connectivity index (χ0n) is 67.0. The molecule has 113 heavy (non-hydrogen) atoms. The molecule has 5 atom stereocenters. The molecule has 0 amide bonds. The lowest BCUT2D eigenvalue weighted by Gasteiger charge is -2.29. The molecular formula is C90H111Br3N8O11S. The van der Waals surface area contributed by atoms with Crippen molar-refractivity contribution in [2.45, 2.75) is 185 Å². The Morgan fingerprint density at radius 3 is 1.16 bits per heavy atom. The SMILES string of the molecule is CC(=O)c1ccc(C(C)(C)O)cc1.COCC(=O)c1ccc(C(C)(C)O)cc1.COC[C@@H](N[C@@H]1CCCc2c1[nH]c1ccc(Br)cc21)c1ccc(C(C)(C)O)cc1.COC[C@H](N[C@@H]1CCCc2c1[nH]c1ccc(Br)cc21)c1ccc(C(C)(C)O)cc1.Cc1ccc(S(=O)(=O)NN)cc1.N[C@@H]1CCCc2c1[nH]c1ccc(Br)cc21. The molecule has 3 heterocycles. The molecule has 604 valence electrons. The second-order valence-electron chi connectivity index (χ2n) is 31.3. The summed E-state index contributed by atoms with van der Waals surface area (Å²) in [7, 11) is 1.49. The van der Waals surface area contributed by atoms with Crippen LogP contribution in [0.2, 0.25) is 0 Å². The first kappa shape index (κ1) is 89.6. The van der Waals surface area contributed by atoms with E-state index in [1.807, 2.05) is 58.9 Å². The lowest BCUT2D eigenvalue weighted by atomic mass is 9.90. The molecule has 3 aromatic heterocycles. The third-order valence-electron chi connectivity index (χ3n) is 20.7. The van der Waals surface area contributed by atoms with Crippen LogP contribution in [-0.4, -0.2) is 96.5 Å². The van der Waals surface area contributed by atoms with Crippen molar-refractivity contribution in [3.63, 3.8) is 0 Å². The Bertz CT molecular complexity index is 4920. The number of fused-ring (bicyclic) bond motifs is 9. The fourth-order valence-corrected chi connectivity index (χ4v) is 16.1. The van der Waals surface area contributed by atoms with Crippen molar-refractivity contribution in [2.75, 3.05) is 41.2 Å². The van der Waals surface area contributed by atoms with Gasteiger partial charge in [0.15, 0.2) is 11.6 Å². The fraction of sp³-hybridized carbons (Fsp3) is 0.378. The summed E-state index contributed by atoms with van der Waals surface area (Å²) in [4.78, 5) is 35.1. The molecule has 14 N–H and O–H groups in total. The van der Waals surface area contributed by atoms with Crippen molar-refractivity contribution in [2.24, 2.45) is 11.6 Å². The first-order valence-corrected chi connectivity index (χ1v) is 42.1. The summed E-state index contributed by atoms with van der Waals surface area (Å²) in [5.74, 6) is 4.83. The van der Waals surface area contributed by atoms with Gasteiger partial charge in [-0.1, -0.05) is 163 Å². The second-order valence-corrected chi connectivity index (χ2v) is 35.8. The number of carbonyl (C=O) groups excluding carboxylic acids is 2. The Labute approximate surface area is 690 Å². The van der Waals surface area contributed by atoms with E-state index in [4.69, 9.17) is 25.8 Å². The van der Waals surface area contributed by atoms with Gasteiger partial charge in [-0.25, -0.2) is 8.42 Å². The zero-order valence-corrected chi connectivity index (χ0v) is 72.5. The van der Waals surface area contributed by atoms with Crippen molar-refractivity contribution < 1.29 is 52.6 Å². The molecule has 0 fully saturated rings. The number of aromatic nitrogens is 3. The van der Waals surface area contributed by atoms with E-state index < -0.39 is 32.4 Å². The highest BCUT2D eigenvalue weighted by molar-refractivity contribution is 9.11. The van der Waals surface area contributed by atoms with E-state index in [0.717, 1.165) is 79.8 Å². The molecule has 3 aliphatic rings. The second kappa shape index (κ2) is 39.5. The Balaban J connectivity index is 0.000000162. The molecular weight excluding hydrogens is 1640 g/mol. The number of aryl methyl sites for hydroxylation is 4. The number of ketones is 2. The number of ether oxygens (including phenoxy) is 3. The van der Waals surface area contributed by atoms with Crippen LogP contribution in [0.4, 0.5) is 0 Å². The predicted molar refractivity (Wildman–Crippen MR) is 463 cm³/mol. The van der Waals surface area contributed by atoms with Crippen LogP contribution in [0, 0.1) is 6.92 Å². The minimum Gasteiger partial charge on any atom is -0.386 e.